The first-order valence-electron chi connectivity index (χ1n) is 5.95. The van der Waals surface area contributed by atoms with E-state index in [0.29, 0.717) is 6.54 Å². The standard InChI is InChI=1S/C11H21N3O3/c1-9(2)14(8-11(16)17)10(15)7-13-5-3-12-4-6-13/h9,12H,3-8H2,1-2H3,(H,16,17). The highest BCUT2D eigenvalue weighted by molar-refractivity contribution is 5.83. The Kier molecular flexibility index (Phi) is 5.37. The van der Waals surface area contributed by atoms with E-state index in [1.807, 2.05) is 13.8 Å². The lowest BCUT2D eigenvalue weighted by Gasteiger charge is -2.31. The SMILES string of the molecule is CC(C)N(CC(=O)O)C(=O)CN1CCNCC1. The lowest BCUT2D eigenvalue weighted by atomic mass is 10.3. The van der Waals surface area contributed by atoms with E-state index in [9.17, 15) is 9.59 Å². The lowest BCUT2D eigenvalue weighted by molar-refractivity contribution is -0.146. The van der Waals surface area contributed by atoms with Crippen LogP contribution in [0.5, 0.6) is 0 Å². The van der Waals surface area contributed by atoms with Gasteiger partial charge in [-0.3, -0.25) is 14.5 Å². The van der Waals surface area contributed by atoms with Gasteiger partial charge in [0.2, 0.25) is 5.91 Å². The molecule has 6 nitrogen and oxygen atoms in total. The maximum Gasteiger partial charge on any atom is 0.323 e. The van der Waals surface area contributed by atoms with Crippen molar-refractivity contribution in [3.05, 3.63) is 0 Å². The monoisotopic (exact) mass is 243 g/mol. The second-order valence-electron chi connectivity index (χ2n) is 4.54. The fourth-order valence-corrected chi connectivity index (χ4v) is 1.86. The third kappa shape index (κ3) is 4.70. The van der Waals surface area contributed by atoms with Gasteiger partial charge in [0.1, 0.15) is 6.54 Å². The van der Waals surface area contributed by atoms with Gasteiger partial charge in [0.05, 0.1) is 6.54 Å². The zero-order chi connectivity index (χ0) is 12.8. The van der Waals surface area contributed by atoms with Crippen LogP contribution >= 0.6 is 0 Å². The molecule has 0 radical (unpaired) electrons. The van der Waals surface area contributed by atoms with Gasteiger partial charge in [-0.05, 0) is 13.8 Å². The summed E-state index contributed by atoms with van der Waals surface area (Å²) in [6.45, 7) is 7.20. The third-order valence-electron chi connectivity index (χ3n) is 2.82. The predicted octanol–water partition coefficient (Wildman–Crippen LogP) is -0.787. The van der Waals surface area contributed by atoms with Gasteiger partial charge < -0.3 is 15.3 Å². The van der Waals surface area contributed by atoms with Crippen molar-refractivity contribution in [1.29, 1.82) is 0 Å². The van der Waals surface area contributed by atoms with Crippen molar-refractivity contribution < 1.29 is 14.7 Å². The molecule has 2 N–H and O–H groups in total. The van der Waals surface area contributed by atoms with Crippen LogP contribution in [-0.4, -0.2) is 72.1 Å². The average Bonchev–Trinajstić information content (AvgIpc) is 2.26. The number of nitrogens with zero attached hydrogens (tertiary/aromatic N) is 2. The molecule has 1 amide bonds. The summed E-state index contributed by atoms with van der Waals surface area (Å²) in [5.41, 5.74) is 0. The van der Waals surface area contributed by atoms with Gasteiger partial charge in [-0.15, -0.1) is 0 Å². The van der Waals surface area contributed by atoms with Crippen molar-refractivity contribution in [3.8, 4) is 0 Å². The van der Waals surface area contributed by atoms with Gasteiger partial charge in [0, 0.05) is 32.2 Å². The summed E-state index contributed by atoms with van der Waals surface area (Å²) in [5, 5.41) is 12.0. The molecule has 0 bridgehead atoms. The van der Waals surface area contributed by atoms with Crippen LogP contribution in [0.4, 0.5) is 0 Å². The van der Waals surface area contributed by atoms with E-state index < -0.39 is 5.97 Å². The second kappa shape index (κ2) is 6.56. The molecule has 1 aliphatic rings. The van der Waals surface area contributed by atoms with Crippen molar-refractivity contribution in [1.82, 2.24) is 15.1 Å². The molecule has 0 aromatic rings. The highest BCUT2D eigenvalue weighted by Crippen LogP contribution is 2.01. The minimum atomic E-state index is -0.965. The quantitative estimate of drug-likeness (QED) is 0.662. The summed E-state index contributed by atoms with van der Waals surface area (Å²) in [4.78, 5) is 26.1. The van der Waals surface area contributed by atoms with Crippen LogP contribution in [0.15, 0.2) is 0 Å². The number of nitrogens with one attached hydrogen (secondary N) is 1. The number of rotatable bonds is 5. The number of carbonyl (C=O) groups excluding carboxylic acids is 1. The topological polar surface area (TPSA) is 72.9 Å². The molecule has 1 saturated heterocycles. The summed E-state index contributed by atoms with van der Waals surface area (Å²) < 4.78 is 0. The number of hydrogen-bond donors (Lipinski definition) is 2. The van der Waals surface area contributed by atoms with E-state index in [1.54, 1.807) is 0 Å². The van der Waals surface area contributed by atoms with E-state index in [0.717, 1.165) is 26.2 Å². The average molecular weight is 243 g/mol. The fourth-order valence-electron chi connectivity index (χ4n) is 1.86. The van der Waals surface area contributed by atoms with Crippen molar-refractivity contribution in [3.63, 3.8) is 0 Å². The molecule has 1 aliphatic heterocycles. The molecule has 0 atom stereocenters. The largest absolute Gasteiger partial charge is 0.480 e. The Labute approximate surface area is 102 Å². The minimum Gasteiger partial charge on any atom is -0.480 e. The molecule has 0 aromatic carbocycles. The van der Waals surface area contributed by atoms with Crippen LogP contribution < -0.4 is 5.32 Å². The van der Waals surface area contributed by atoms with Crippen LogP contribution in [0, 0.1) is 0 Å². The van der Waals surface area contributed by atoms with Crippen molar-refractivity contribution >= 4 is 11.9 Å². The van der Waals surface area contributed by atoms with Crippen molar-refractivity contribution in [2.45, 2.75) is 19.9 Å². The Morgan fingerprint density at radius 2 is 1.94 bits per heavy atom. The Morgan fingerprint density at radius 3 is 2.41 bits per heavy atom. The molecular weight excluding hydrogens is 222 g/mol. The van der Waals surface area contributed by atoms with E-state index in [2.05, 4.69) is 10.2 Å². The molecule has 0 unspecified atom stereocenters. The van der Waals surface area contributed by atoms with Gasteiger partial charge in [-0.25, -0.2) is 0 Å². The van der Waals surface area contributed by atoms with E-state index in [1.165, 1.54) is 4.90 Å². The summed E-state index contributed by atoms with van der Waals surface area (Å²) >= 11 is 0. The highest BCUT2D eigenvalue weighted by atomic mass is 16.4. The number of piperazine rings is 1. The van der Waals surface area contributed by atoms with Gasteiger partial charge in [-0.1, -0.05) is 0 Å². The number of aliphatic carboxylic acids is 1. The Morgan fingerprint density at radius 1 is 1.35 bits per heavy atom. The van der Waals surface area contributed by atoms with Crippen LogP contribution in [-0.2, 0) is 9.59 Å². The first-order chi connectivity index (χ1) is 8.00. The molecule has 0 aliphatic carbocycles. The molecule has 0 aromatic heterocycles. The molecule has 1 heterocycles. The van der Waals surface area contributed by atoms with Crippen molar-refractivity contribution in [2.24, 2.45) is 0 Å². The van der Waals surface area contributed by atoms with E-state index >= 15 is 0 Å². The molecule has 98 valence electrons. The smallest absolute Gasteiger partial charge is 0.323 e. The number of carboxylic acids is 1. The lowest BCUT2D eigenvalue weighted by Crippen LogP contribution is -2.50. The molecule has 17 heavy (non-hydrogen) atoms. The molecule has 1 rings (SSSR count). The van der Waals surface area contributed by atoms with Gasteiger partial charge in [0.25, 0.3) is 0 Å². The van der Waals surface area contributed by atoms with Gasteiger partial charge >= 0.3 is 5.97 Å². The summed E-state index contributed by atoms with van der Waals surface area (Å²) in [5.74, 6) is -1.07. The van der Waals surface area contributed by atoms with Crippen LogP contribution in [0.3, 0.4) is 0 Å². The first-order valence-corrected chi connectivity index (χ1v) is 5.95. The second-order valence-corrected chi connectivity index (χ2v) is 4.54. The van der Waals surface area contributed by atoms with Gasteiger partial charge in [0.15, 0.2) is 0 Å². The molecule has 0 spiro atoms. The zero-order valence-electron chi connectivity index (χ0n) is 10.5. The zero-order valence-corrected chi connectivity index (χ0v) is 10.5. The third-order valence-corrected chi connectivity index (χ3v) is 2.82. The first kappa shape index (κ1) is 13.9. The predicted molar refractivity (Wildman–Crippen MR) is 63.8 cm³/mol. The van der Waals surface area contributed by atoms with Crippen molar-refractivity contribution in [2.75, 3.05) is 39.3 Å². The summed E-state index contributed by atoms with van der Waals surface area (Å²) in [6, 6.07) is -0.0819. The normalized spacial score (nSPS) is 17.1. The highest BCUT2D eigenvalue weighted by Gasteiger charge is 2.22. The minimum absolute atomic E-state index is 0.0819. The maximum absolute atomic E-state index is 12.0. The number of hydrogen-bond acceptors (Lipinski definition) is 4. The Balaban J connectivity index is 2.49. The van der Waals surface area contributed by atoms with Crippen LogP contribution in [0.2, 0.25) is 0 Å². The molecule has 0 saturated carbocycles. The summed E-state index contributed by atoms with van der Waals surface area (Å²) in [7, 11) is 0. The molecule has 6 heteroatoms. The van der Waals surface area contributed by atoms with Crippen LogP contribution in [0.25, 0.3) is 0 Å². The maximum atomic E-state index is 12.0. The Bertz CT molecular complexity index is 275. The summed E-state index contributed by atoms with van der Waals surface area (Å²) in [6.07, 6.45) is 0. The molecular formula is C11H21N3O3. The molecule has 1 fully saturated rings. The number of carbonyl (C=O) groups is 2. The van der Waals surface area contributed by atoms with E-state index in [-0.39, 0.29) is 18.5 Å². The van der Waals surface area contributed by atoms with E-state index in [4.69, 9.17) is 5.11 Å². The fraction of sp³-hybridized carbons (Fsp3) is 0.818. The van der Waals surface area contributed by atoms with Crippen LogP contribution in [0.1, 0.15) is 13.8 Å². The number of carboxylic acid groups (broad SMARTS) is 1. The number of amides is 1. The Hall–Kier alpha value is -1.14. The van der Waals surface area contributed by atoms with Gasteiger partial charge in [-0.2, -0.15) is 0 Å².